The summed E-state index contributed by atoms with van der Waals surface area (Å²) in [7, 11) is 0. The Kier molecular flexibility index (Phi) is 2.53. The molecule has 0 heterocycles. The number of fused-ring (bicyclic) bond motifs is 2. The van der Waals surface area contributed by atoms with Crippen LogP contribution in [0.2, 0.25) is 0 Å². The van der Waals surface area contributed by atoms with Crippen molar-refractivity contribution < 1.29 is 0 Å². The van der Waals surface area contributed by atoms with Gasteiger partial charge in [-0.3, -0.25) is 0 Å². The summed E-state index contributed by atoms with van der Waals surface area (Å²) < 4.78 is 0. The maximum Gasteiger partial charge on any atom is -0.00268 e. The third-order valence-electron chi connectivity index (χ3n) is 3.78. The summed E-state index contributed by atoms with van der Waals surface area (Å²) >= 11 is 0. The fourth-order valence-electron chi connectivity index (χ4n) is 2.88. The van der Waals surface area contributed by atoms with Gasteiger partial charge in [0.1, 0.15) is 0 Å². The Morgan fingerprint density at radius 1 is 0.600 bits per heavy atom. The predicted octanol–water partition coefficient (Wildman–Crippen LogP) is 5.46. The molecule has 0 unspecified atom stereocenters. The molecular formula is C20H13. The number of hydrogen-bond donors (Lipinski definition) is 0. The minimum absolute atomic E-state index is 1.25. The van der Waals surface area contributed by atoms with Crippen LogP contribution < -0.4 is 0 Å². The van der Waals surface area contributed by atoms with Crippen molar-refractivity contribution in [3.63, 3.8) is 0 Å². The van der Waals surface area contributed by atoms with Crippen molar-refractivity contribution in [3.8, 4) is 11.1 Å². The van der Waals surface area contributed by atoms with Gasteiger partial charge >= 0.3 is 0 Å². The molecular weight excluding hydrogens is 240 g/mol. The first-order chi connectivity index (χ1) is 9.93. The van der Waals surface area contributed by atoms with Gasteiger partial charge in [0.25, 0.3) is 0 Å². The summed E-state index contributed by atoms with van der Waals surface area (Å²) in [6.07, 6.45) is 0. The Morgan fingerprint density at radius 2 is 1.15 bits per heavy atom. The van der Waals surface area contributed by atoms with Crippen molar-refractivity contribution in [2.75, 3.05) is 0 Å². The van der Waals surface area contributed by atoms with Crippen LogP contribution in [-0.4, -0.2) is 0 Å². The summed E-state index contributed by atoms with van der Waals surface area (Å²) in [5.41, 5.74) is 2.56. The molecule has 0 heteroatoms. The third-order valence-corrected chi connectivity index (χ3v) is 3.78. The minimum atomic E-state index is 1.25. The first kappa shape index (κ1) is 11.2. The molecule has 0 aliphatic rings. The largest absolute Gasteiger partial charge is 0.0616 e. The Balaban J connectivity index is 2.24. The molecule has 0 nitrogen and oxygen atoms in total. The summed E-state index contributed by atoms with van der Waals surface area (Å²) in [6.45, 7) is 0. The average Bonchev–Trinajstić information content (AvgIpc) is 2.53. The van der Waals surface area contributed by atoms with Gasteiger partial charge in [-0.2, -0.15) is 0 Å². The lowest BCUT2D eigenvalue weighted by atomic mass is 9.92. The molecule has 0 aliphatic heterocycles. The fraction of sp³-hybridized carbons (Fsp3) is 0. The van der Waals surface area contributed by atoms with Crippen molar-refractivity contribution in [1.29, 1.82) is 0 Å². The zero-order valence-electron chi connectivity index (χ0n) is 11.0. The highest BCUT2D eigenvalue weighted by atomic mass is 14.1. The number of rotatable bonds is 1. The standard InChI is InChI=1S/C20H13/c1-2-8-15(9-3-1)20-18-12-6-4-10-16(18)14-17-11-5-7-13-19(17)20/h2-14H. The smallest absolute Gasteiger partial charge is 0.00268 e. The normalized spacial score (nSPS) is 11.0. The van der Waals surface area contributed by atoms with E-state index in [9.17, 15) is 0 Å². The Hall–Kier alpha value is -2.60. The third kappa shape index (κ3) is 1.70. The highest BCUT2D eigenvalue weighted by molar-refractivity contribution is 6.12. The van der Waals surface area contributed by atoms with E-state index >= 15 is 0 Å². The van der Waals surface area contributed by atoms with E-state index in [4.69, 9.17) is 0 Å². The van der Waals surface area contributed by atoms with E-state index in [0.717, 1.165) is 0 Å². The van der Waals surface area contributed by atoms with Gasteiger partial charge in [-0.15, -0.1) is 0 Å². The predicted molar refractivity (Wildman–Crippen MR) is 85.7 cm³/mol. The number of benzene rings is 4. The summed E-state index contributed by atoms with van der Waals surface area (Å²) in [4.78, 5) is 0. The summed E-state index contributed by atoms with van der Waals surface area (Å²) in [6, 6.07) is 30.8. The van der Waals surface area contributed by atoms with Gasteiger partial charge in [-0.05, 0) is 44.8 Å². The van der Waals surface area contributed by atoms with Crippen molar-refractivity contribution >= 4 is 21.5 Å². The SMILES string of the molecule is [c]1ccc(-c2c3ccccc3cc3ccccc23)cc1. The van der Waals surface area contributed by atoms with Crippen molar-refractivity contribution in [3.05, 3.63) is 84.9 Å². The van der Waals surface area contributed by atoms with E-state index in [1.807, 2.05) is 12.1 Å². The van der Waals surface area contributed by atoms with Crippen LogP contribution >= 0.6 is 0 Å². The van der Waals surface area contributed by atoms with E-state index in [1.165, 1.54) is 32.7 Å². The van der Waals surface area contributed by atoms with Crippen LogP contribution in [0.5, 0.6) is 0 Å². The summed E-state index contributed by atoms with van der Waals surface area (Å²) in [5, 5.41) is 5.18. The lowest BCUT2D eigenvalue weighted by molar-refractivity contribution is 1.66. The monoisotopic (exact) mass is 253 g/mol. The molecule has 0 aromatic heterocycles. The van der Waals surface area contributed by atoms with Crippen LogP contribution in [0.1, 0.15) is 0 Å². The highest BCUT2D eigenvalue weighted by Gasteiger charge is 2.08. The van der Waals surface area contributed by atoms with E-state index in [0.29, 0.717) is 0 Å². The molecule has 1 radical (unpaired) electrons. The molecule has 0 fully saturated rings. The van der Waals surface area contributed by atoms with E-state index in [1.54, 1.807) is 0 Å². The van der Waals surface area contributed by atoms with Gasteiger partial charge in [0.2, 0.25) is 0 Å². The molecule has 0 N–H and O–H groups in total. The van der Waals surface area contributed by atoms with Crippen LogP contribution in [0.3, 0.4) is 0 Å². The highest BCUT2D eigenvalue weighted by Crippen LogP contribution is 2.35. The second-order valence-corrected chi connectivity index (χ2v) is 4.98. The lowest BCUT2D eigenvalue weighted by Crippen LogP contribution is -1.84. The molecule has 0 saturated carbocycles. The van der Waals surface area contributed by atoms with Crippen molar-refractivity contribution in [2.24, 2.45) is 0 Å². The molecule has 4 rings (SSSR count). The number of hydrogen-bond acceptors (Lipinski definition) is 0. The second-order valence-electron chi connectivity index (χ2n) is 4.98. The Morgan fingerprint density at radius 3 is 1.75 bits per heavy atom. The minimum Gasteiger partial charge on any atom is -0.0616 e. The van der Waals surface area contributed by atoms with Crippen LogP contribution in [0.15, 0.2) is 78.9 Å². The first-order valence-electron chi connectivity index (χ1n) is 6.80. The van der Waals surface area contributed by atoms with Gasteiger partial charge in [-0.25, -0.2) is 0 Å². The Labute approximate surface area is 118 Å². The molecule has 0 atom stereocenters. The van der Waals surface area contributed by atoms with Gasteiger partial charge in [0, 0.05) is 0 Å². The zero-order valence-corrected chi connectivity index (χ0v) is 11.0. The van der Waals surface area contributed by atoms with Gasteiger partial charge < -0.3 is 0 Å². The van der Waals surface area contributed by atoms with Crippen molar-refractivity contribution in [2.45, 2.75) is 0 Å². The molecule has 0 spiro atoms. The molecule has 4 aromatic carbocycles. The van der Waals surface area contributed by atoms with Gasteiger partial charge in [0.05, 0.1) is 0 Å². The van der Waals surface area contributed by atoms with Crippen LogP contribution in [0.4, 0.5) is 0 Å². The molecule has 0 saturated heterocycles. The molecule has 20 heavy (non-hydrogen) atoms. The first-order valence-corrected chi connectivity index (χ1v) is 6.80. The summed E-state index contributed by atoms with van der Waals surface area (Å²) in [5.74, 6) is 0. The second kappa shape index (κ2) is 4.50. The van der Waals surface area contributed by atoms with Crippen LogP contribution in [0.25, 0.3) is 32.7 Å². The van der Waals surface area contributed by atoms with Gasteiger partial charge in [-0.1, -0.05) is 72.8 Å². The maximum atomic E-state index is 3.10. The quantitative estimate of drug-likeness (QED) is 0.395. The molecule has 4 aromatic rings. The van der Waals surface area contributed by atoms with E-state index in [-0.39, 0.29) is 0 Å². The average molecular weight is 253 g/mol. The maximum absolute atomic E-state index is 3.10. The topological polar surface area (TPSA) is 0 Å². The molecule has 0 aliphatic carbocycles. The Bertz CT molecular complexity index is 835. The van der Waals surface area contributed by atoms with E-state index in [2.05, 4.69) is 72.8 Å². The van der Waals surface area contributed by atoms with Crippen LogP contribution in [0, 0.1) is 6.07 Å². The van der Waals surface area contributed by atoms with Crippen LogP contribution in [-0.2, 0) is 0 Å². The lowest BCUT2D eigenvalue weighted by Gasteiger charge is -2.11. The van der Waals surface area contributed by atoms with Crippen molar-refractivity contribution in [1.82, 2.24) is 0 Å². The molecule has 0 amide bonds. The van der Waals surface area contributed by atoms with E-state index < -0.39 is 0 Å². The molecule has 93 valence electrons. The molecule has 0 bridgehead atoms. The zero-order chi connectivity index (χ0) is 13.4. The van der Waals surface area contributed by atoms with Gasteiger partial charge in [0.15, 0.2) is 0 Å². The fourth-order valence-corrected chi connectivity index (χ4v) is 2.88.